The first kappa shape index (κ1) is 89.0. The minimum Gasteiger partial charge on any atom is -0.465 e. The number of benzene rings is 4. The monoisotopic (exact) mass is 1590 g/mol. The van der Waals surface area contributed by atoms with Crippen LogP contribution in [-0.2, 0) is 28.7 Å². The highest BCUT2D eigenvalue weighted by atomic mass is 16.5. The van der Waals surface area contributed by atoms with E-state index in [9.17, 15) is 38.4 Å². The van der Waals surface area contributed by atoms with Crippen molar-refractivity contribution in [3.05, 3.63) is 117 Å². The molecule has 0 saturated carbocycles. The molecule has 8 rings (SSSR count). The van der Waals surface area contributed by atoms with Gasteiger partial charge >= 0.3 is 30.1 Å². The Hall–Kier alpha value is -12.6. The summed E-state index contributed by atoms with van der Waals surface area (Å²) < 4.78 is 5.08. The SMILES string of the molecule is COC(=O)c1cc(C#CCNC(=O)NCC(C)C)ccc1NC(=O)[C@@H]1CCCN1C(=O)c1cc(C#CCNC(=O)NCC(C)C)ccc1NC(=O)[C@@H]1CCCN1C(=O)c1cc(C#CCNC(=O)NCC(C)C)ccc1NC(=O)[C@@H]1CCCN1C(=O)c1cc(C#CCNC(=O)NCC(C)C)ccc1NC(=O)[C@@H]1CCCN1C(=O)C(C)(C)C. The zero-order valence-electron chi connectivity index (χ0n) is 68.2. The molecule has 30 nitrogen and oxygen atoms in total. The summed E-state index contributed by atoms with van der Waals surface area (Å²) in [4.78, 5) is 187. The van der Waals surface area contributed by atoms with E-state index in [0.717, 1.165) is 0 Å². The van der Waals surface area contributed by atoms with Gasteiger partial charge in [0.1, 0.15) is 24.2 Å². The maximum Gasteiger partial charge on any atom is 0.340 e. The maximum absolute atomic E-state index is 15.5. The second-order valence-corrected chi connectivity index (χ2v) is 31.4. The van der Waals surface area contributed by atoms with Gasteiger partial charge in [-0.1, -0.05) is 124 Å². The molecule has 116 heavy (non-hydrogen) atoms. The number of nitrogens with zero attached hydrogens (tertiary/aromatic N) is 4. The van der Waals surface area contributed by atoms with Crippen molar-refractivity contribution in [2.75, 3.05) is 107 Å². The Balaban J connectivity index is 1.08. The van der Waals surface area contributed by atoms with Crippen LogP contribution < -0.4 is 63.8 Å². The number of hydrogen-bond donors (Lipinski definition) is 12. The molecular formula is C86H108N16O14. The number of urea groups is 4. The van der Waals surface area contributed by atoms with Gasteiger partial charge in [0.25, 0.3) is 17.7 Å². The van der Waals surface area contributed by atoms with Gasteiger partial charge in [-0.2, -0.15) is 0 Å². The number of likely N-dealkylation sites (tertiary alicyclic amines) is 4. The number of amides is 16. The Kier molecular flexibility index (Phi) is 32.6. The average molecular weight is 1590 g/mol. The predicted octanol–water partition coefficient (Wildman–Crippen LogP) is 7.41. The third-order valence-electron chi connectivity index (χ3n) is 19.1. The Bertz CT molecular complexity index is 4630. The molecule has 0 aliphatic carbocycles. The first-order chi connectivity index (χ1) is 55.3. The fourth-order valence-corrected chi connectivity index (χ4v) is 13.1. The van der Waals surface area contributed by atoms with Crippen LogP contribution in [0.3, 0.4) is 0 Å². The second-order valence-electron chi connectivity index (χ2n) is 31.4. The van der Waals surface area contributed by atoms with Crippen molar-refractivity contribution >= 4 is 100 Å². The highest BCUT2D eigenvalue weighted by molar-refractivity contribution is 6.12. The van der Waals surface area contributed by atoms with E-state index in [4.69, 9.17) is 4.74 Å². The van der Waals surface area contributed by atoms with E-state index in [2.05, 4.69) is 111 Å². The summed E-state index contributed by atoms with van der Waals surface area (Å²) >= 11 is 0. The lowest BCUT2D eigenvalue weighted by molar-refractivity contribution is -0.143. The average Bonchev–Trinajstić information content (AvgIpc) is 1.03. The number of hydrogen-bond acceptors (Lipinski definition) is 14. The third-order valence-corrected chi connectivity index (χ3v) is 19.1. The largest absolute Gasteiger partial charge is 0.465 e. The van der Waals surface area contributed by atoms with E-state index in [1.807, 2.05) is 55.4 Å². The number of esters is 1. The van der Waals surface area contributed by atoms with Crippen molar-refractivity contribution in [3.63, 3.8) is 0 Å². The van der Waals surface area contributed by atoms with Crippen LogP contribution in [0.4, 0.5) is 41.9 Å². The molecule has 4 aromatic carbocycles. The van der Waals surface area contributed by atoms with Crippen LogP contribution in [0, 0.1) is 76.5 Å². The minimum absolute atomic E-state index is 0.00126. The predicted molar refractivity (Wildman–Crippen MR) is 440 cm³/mol. The molecule has 4 aliphatic rings. The number of anilines is 4. The van der Waals surface area contributed by atoms with Gasteiger partial charge in [-0.05, 0) is 148 Å². The van der Waals surface area contributed by atoms with Gasteiger partial charge in [0.2, 0.25) is 29.5 Å². The molecule has 0 aromatic heterocycles. The maximum atomic E-state index is 15.5. The van der Waals surface area contributed by atoms with Crippen molar-refractivity contribution in [2.45, 2.75) is 152 Å². The highest BCUT2D eigenvalue weighted by Gasteiger charge is 2.43. The quantitative estimate of drug-likeness (QED) is 0.0240. The molecule has 4 saturated heterocycles. The van der Waals surface area contributed by atoms with Crippen LogP contribution in [-0.4, -0.2) is 207 Å². The van der Waals surface area contributed by atoms with E-state index >= 15 is 24.0 Å². The lowest BCUT2D eigenvalue weighted by Gasteiger charge is -2.30. The van der Waals surface area contributed by atoms with Crippen LogP contribution in [0.25, 0.3) is 0 Å². The summed E-state index contributed by atoms with van der Waals surface area (Å²) in [5.41, 5.74) is 0.531. The van der Waals surface area contributed by atoms with Gasteiger partial charge in [0.15, 0.2) is 0 Å². The molecule has 4 heterocycles. The summed E-state index contributed by atoms with van der Waals surface area (Å²) in [5.74, 6) is 18.7. The first-order valence-electron chi connectivity index (χ1n) is 39.4. The fraction of sp³-hybridized carbons (Fsp3) is 0.477. The van der Waals surface area contributed by atoms with Crippen molar-refractivity contribution in [1.29, 1.82) is 0 Å². The Morgan fingerprint density at radius 1 is 0.362 bits per heavy atom. The summed E-state index contributed by atoms with van der Waals surface area (Å²) in [7, 11) is 1.18. The Morgan fingerprint density at radius 3 is 0.853 bits per heavy atom. The van der Waals surface area contributed by atoms with E-state index in [-0.39, 0.29) is 140 Å². The summed E-state index contributed by atoms with van der Waals surface area (Å²) in [6, 6.07) is 12.2. The summed E-state index contributed by atoms with van der Waals surface area (Å²) in [5, 5.41) is 33.3. The first-order valence-corrected chi connectivity index (χ1v) is 39.4. The standard InChI is InChI=1S/C86H108N16O14/c1-53(2)49-91-82(112)87-37-13-21-57-29-33-65(95-74(104)70-26-18-42-100(70)79(109)63-47-59(23-15-39-89-84(114)93-51-55(5)6)31-35-67(63)97-76(106)72-28-20-44-102(72)81(111)86(9,10)11)61(45-57)77(107)99-41-17-25-69(99)73(103)96-66-34-30-58(22-14-38-88-83(113)92-50-54(3)4)46-62(66)78(108)101-43-19-27-71(101)75(105)98-68-36-32-60(48-64(68)80(110)116-12)24-16-40-90-85(115)94-52-56(7)8/h29-36,45-48,53-56,69-72H,17-20,25-28,37-44,49-52H2,1-12H3,(H,95,104)(H,96,103)(H,97,106)(H,98,105)(H2,87,91,112)(H2,88,92,113)(H2,89,93,114)(H2,90,94,115)/t69-,70-,71-,72-/m0/s1. The van der Waals surface area contributed by atoms with Crippen LogP contribution >= 0.6 is 0 Å². The van der Waals surface area contributed by atoms with E-state index < -0.39 is 101 Å². The zero-order chi connectivity index (χ0) is 84.3. The topological polar surface area (TPSA) is 388 Å². The van der Waals surface area contributed by atoms with E-state index in [1.165, 1.54) is 70.3 Å². The van der Waals surface area contributed by atoms with E-state index in [0.29, 0.717) is 87.1 Å². The number of carbonyl (C=O) groups excluding carboxylic acids is 13. The number of methoxy groups -OCH3 is 1. The number of carbonyl (C=O) groups is 13. The molecular weight excluding hydrogens is 1480 g/mol. The lowest BCUT2D eigenvalue weighted by Crippen LogP contribution is -2.47. The second kappa shape index (κ2) is 42.5. The van der Waals surface area contributed by atoms with Gasteiger partial charge in [-0.25, -0.2) is 24.0 Å². The van der Waals surface area contributed by atoms with Gasteiger partial charge in [-0.3, -0.25) is 38.4 Å². The molecule has 0 radical (unpaired) electrons. The molecule has 0 unspecified atom stereocenters. The molecule has 16 amide bonds. The molecule has 616 valence electrons. The van der Waals surface area contributed by atoms with Gasteiger partial charge in [0, 0.05) is 80.0 Å². The number of nitrogens with one attached hydrogen (secondary N) is 12. The van der Waals surface area contributed by atoms with Gasteiger partial charge in [-0.15, -0.1) is 0 Å². The summed E-state index contributed by atoms with van der Waals surface area (Å²) in [6.07, 6.45) is 2.58. The fourth-order valence-electron chi connectivity index (χ4n) is 13.1. The van der Waals surface area contributed by atoms with Crippen molar-refractivity contribution < 1.29 is 67.1 Å². The summed E-state index contributed by atoms with van der Waals surface area (Å²) in [6.45, 7) is 23.2. The van der Waals surface area contributed by atoms with Crippen LogP contribution in [0.2, 0.25) is 0 Å². The van der Waals surface area contributed by atoms with Crippen molar-refractivity contribution in [3.8, 4) is 47.4 Å². The minimum atomic E-state index is -1.19. The van der Waals surface area contributed by atoms with Crippen LogP contribution in [0.1, 0.15) is 191 Å². The molecule has 0 bridgehead atoms. The molecule has 0 spiro atoms. The molecule has 4 aromatic rings. The Morgan fingerprint density at radius 2 is 0.603 bits per heavy atom. The highest BCUT2D eigenvalue weighted by Crippen LogP contribution is 2.34. The van der Waals surface area contributed by atoms with E-state index in [1.54, 1.807) is 49.9 Å². The smallest absolute Gasteiger partial charge is 0.340 e. The van der Waals surface area contributed by atoms with Crippen LogP contribution in [0.15, 0.2) is 72.8 Å². The van der Waals surface area contributed by atoms with Gasteiger partial charge < -0.3 is 88.1 Å². The molecule has 12 N–H and O–H groups in total. The molecule has 4 aliphatic heterocycles. The van der Waals surface area contributed by atoms with Crippen LogP contribution in [0.5, 0.6) is 0 Å². The zero-order valence-corrected chi connectivity index (χ0v) is 68.2. The molecule has 4 atom stereocenters. The molecule has 30 heteroatoms. The third kappa shape index (κ3) is 25.7. The van der Waals surface area contributed by atoms with Crippen molar-refractivity contribution in [1.82, 2.24) is 62.1 Å². The number of ether oxygens (including phenoxy) is 1. The molecule has 4 fully saturated rings. The van der Waals surface area contributed by atoms with Crippen molar-refractivity contribution in [2.24, 2.45) is 29.1 Å². The Labute approximate surface area is 678 Å². The lowest BCUT2D eigenvalue weighted by atomic mass is 9.94. The van der Waals surface area contributed by atoms with Gasteiger partial charge in [0.05, 0.1) is 78.3 Å². The normalized spacial score (nSPS) is 16.0. The number of rotatable bonds is 24.